The largest absolute Gasteiger partial charge is 0.500 e. The first-order chi connectivity index (χ1) is 23.5. The van der Waals surface area contributed by atoms with Gasteiger partial charge in [-0.05, 0) is 35.6 Å². The number of thiazole rings is 1. The summed E-state index contributed by atoms with van der Waals surface area (Å²) in [6, 6.07) is 38.4. The van der Waals surface area contributed by atoms with Crippen molar-refractivity contribution in [2.45, 2.75) is 13.7 Å². The molecule has 0 atom stereocenters. The van der Waals surface area contributed by atoms with Crippen molar-refractivity contribution in [3.05, 3.63) is 133 Å². The van der Waals surface area contributed by atoms with Crippen molar-refractivity contribution in [3.63, 3.8) is 0 Å². The molecule has 215 valence electrons. The molecular formula is C38H24IrN2O2S-2. The number of aryl methyl sites for hydroxylation is 2. The van der Waals surface area contributed by atoms with E-state index in [1.807, 2.05) is 36.4 Å². The monoisotopic (exact) mass is 771 g/mol. The van der Waals surface area contributed by atoms with Gasteiger partial charge in [-0.3, -0.25) is 4.98 Å². The summed E-state index contributed by atoms with van der Waals surface area (Å²) in [5.41, 5.74) is 5.68. The molecule has 0 amide bonds. The third-order valence-corrected chi connectivity index (χ3v) is 8.41. The minimum absolute atomic E-state index is 0. The Hall–Kier alpha value is -4.61. The van der Waals surface area contributed by atoms with Gasteiger partial charge in [0.2, 0.25) is 5.71 Å². The van der Waals surface area contributed by atoms with E-state index in [1.165, 1.54) is 29.8 Å². The van der Waals surface area contributed by atoms with Gasteiger partial charge in [-0.1, -0.05) is 78.5 Å². The van der Waals surface area contributed by atoms with Gasteiger partial charge in [-0.15, -0.1) is 53.6 Å². The molecule has 4 heterocycles. The molecular weight excluding hydrogens is 741 g/mol. The van der Waals surface area contributed by atoms with Crippen molar-refractivity contribution < 1.29 is 37.2 Å². The first-order valence-corrected chi connectivity index (χ1v) is 14.4. The molecule has 0 aliphatic carbocycles. The van der Waals surface area contributed by atoms with E-state index in [4.69, 9.17) is 22.0 Å². The average Bonchev–Trinajstić information content (AvgIpc) is 3.79. The number of hydrogen-bond acceptors (Lipinski definition) is 5. The normalized spacial score (nSPS) is 13.8. The third kappa shape index (κ3) is 4.91. The fourth-order valence-corrected chi connectivity index (χ4v) is 6.29. The molecule has 0 unspecified atom stereocenters. The van der Waals surface area contributed by atoms with E-state index in [-0.39, 0.29) is 31.2 Å². The summed E-state index contributed by atoms with van der Waals surface area (Å²) in [7, 11) is 0. The van der Waals surface area contributed by atoms with E-state index in [2.05, 4.69) is 53.5 Å². The molecule has 0 bridgehead atoms. The number of benzene rings is 5. The summed E-state index contributed by atoms with van der Waals surface area (Å²) in [6.07, 6.45) is 1.30. The van der Waals surface area contributed by atoms with Crippen LogP contribution in [-0.2, 0) is 20.1 Å². The van der Waals surface area contributed by atoms with E-state index in [0.717, 1.165) is 53.6 Å². The summed E-state index contributed by atoms with van der Waals surface area (Å²) >= 11 is 1.62. The number of para-hydroxylation sites is 1. The second kappa shape index (κ2) is 11.5. The Kier molecular flexibility index (Phi) is 5.73. The number of hydrogen-bond donors (Lipinski definition) is 0. The van der Waals surface area contributed by atoms with Crippen LogP contribution < -0.4 is 0 Å². The van der Waals surface area contributed by atoms with Crippen LogP contribution in [0, 0.1) is 25.8 Å². The summed E-state index contributed by atoms with van der Waals surface area (Å²) in [5.74, 6) is 0. The van der Waals surface area contributed by atoms with E-state index in [0.29, 0.717) is 17.0 Å². The zero-order chi connectivity index (χ0) is 33.9. The summed E-state index contributed by atoms with van der Waals surface area (Å²) < 4.78 is 57.1. The smallest absolute Gasteiger partial charge is 0.228 e. The van der Waals surface area contributed by atoms with Crippen LogP contribution in [0.2, 0.25) is 0 Å². The molecule has 4 nitrogen and oxygen atoms in total. The van der Waals surface area contributed by atoms with Gasteiger partial charge < -0.3 is 13.8 Å². The maximum absolute atomic E-state index is 7.28. The summed E-state index contributed by atoms with van der Waals surface area (Å²) in [6.45, 7) is -4.34. The molecule has 4 aromatic heterocycles. The number of pyridine rings is 1. The second-order valence-electron chi connectivity index (χ2n) is 10.0. The molecule has 1 radical (unpaired) electrons. The topological polar surface area (TPSA) is 52.1 Å². The van der Waals surface area contributed by atoms with Crippen molar-refractivity contribution in [3.8, 4) is 21.8 Å². The number of aromatic nitrogens is 2. The molecule has 44 heavy (non-hydrogen) atoms. The van der Waals surface area contributed by atoms with E-state index in [1.54, 1.807) is 23.5 Å². The molecule has 9 rings (SSSR count). The van der Waals surface area contributed by atoms with Crippen molar-refractivity contribution in [1.29, 1.82) is 0 Å². The Labute approximate surface area is 279 Å². The van der Waals surface area contributed by atoms with Crippen molar-refractivity contribution >= 4 is 65.4 Å². The SMILES string of the molecule is [2H]C([2H])([2H])c1c[c-]c(-c2ccc(C([2H])([2H])[2H])cn2)cc1.[Ir].[c-]1ccc2c(oc3c4ccccc4ccc23)c1-c1nc2oc3ccccc3c2s1. The number of fused-ring (bicyclic) bond motifs is 8. The third-order valence-electron chi connectivity index (χ3n) is 7.32. The quantitative estimate of drug-likeness (QED) is 0.164. The van der Waals surface area contributed by atoms with Crippen LogP contribution in [0.4, 0.5) is 0 Å². The van der Waals surface area contributed by atoms with E-state index in [9.17, 15) is 0 Å². The van der Waals surface area contributed by atoms with Crippen molar-refractivity contribution in [2.24, 2.45) is 0 Å². The average molecular weight is 771 g/mol. The van der Waals surface area contributed by atoms with Gasteiger partial charge in [0.25, 0.3) is 0 Å². The second-order valence-corrected chi connectivity index (χ2v) is 11.0. The molecule has 0 saturated carbocycles. The molecule has 0 spiro atoms. The standard InChI is InChI=1S/C25H12NO2S.C13H12N.Ir/c1-2-7-15-14(6-1)12-13-17-16-9-5-10-19(22(16)28-21(15)17)25-26-24-23(29-25)18-8-3-4-11-20(18)27-24;1-10-3-6-12(7-4-10)13-8-5-11(2)9-14-13;/h1-9,11-13H;3-6,8-9H,1-2H3;/q2*-1;/i;1D3,2D3;. The van der Waals surface area contributed by atoms with Crippen LogP contribution in [0.1, 0.15) is 19.4 Å². The van der Waals surface area contributed by atoms with Gasteiger partial charge in [0.15, 0.2) is 0 Å². The first-order valence-electron chi connectivity index (χ1n) is 16.6. The van der Waals surface area contributed by atoms with Gasteiger partial charge >= 0.3 is 0 Å². The molecule has 5 aromatic carbocycles. The Balaban J connectivity index is 0.000000166. The number of furan rings is 2. The van der Waals surface area contributed by atoms with Crippen LogP contribution in [0.25, 0.3) is 75.9 Å². The maximum Gasteiger partial charge on any atom is 0.228 e. The molecule has 0 aliphatic heterocycles. The van der Waals surface area contributed by atoms with E-state index < -0.39 is 13.7 Å². The fraction of sp³-hybridized carbons (Fsp3) is 0.0526. The summed E-state index contributed by atoms with van der Waals surface area (Å²) in [4.78, 5) is 8.84. The van der Waals surface area contributed by atoms with Crippen molar-refractivity contribution in [1.82, 2.24) is 9.97 Å². The van der Waals surface area contributed by atoms with Gasteiger partial charge in [0, 0.05) is 55.7 Å². The molecule has 9 aromatic rings. The maximum atomic E-state index is 7.28. The zero-order valence-corrected chi connectivity index (χ0v) is 26.1. The first kappa shape index (κ1) is 22.0. The van der Waals surface area contributed by atoms with E-state index >= 15 is 0 Å². The fourth-order valence-electron chi connectivity index (χ4n) is 5.27. The van der Waals surface area contributed by atoms with Crippen LogP contribution >= 0.6 is 11.3 Å². The zero-order valence-electron chi connectivity index (χ0n) is 28.8. The molecule has 0 fully saturated rings. The van der Waals surface area contributed by atoms with Crippen molar-refractivity contribution in [2.75, 3.05) is 0 Å². The van der Waals surface area contributed by atoms with Gasteiger partial charge in [-0.2, -0.15) is 11.3 Å². The minimum atomic E-state index is -2.18. The predicted octanol–water partition coefficient (Wildman–Crippen LogP) is 10.7. The van der Waals surface area contributed by atoms with Gasteiger partial charge in [0.1, 0.15) is 11.2 Å². The Bertz CT molecular complexity index is 2590. The van der Waals surface area contributed by atoms with Crippen LogP contribution in [0.3, 0.4) is 0 Å². The van der Waals surface area contributed by atoms with Crippen LogP contribution in [-0.4, -0.2) is 9.97 Å². The van der Waals surface area contributed by atoms with Gasteiger partial charge in [-0.25, -0.2) is 0 Å². The molecule has 0 N–H and O–H groups in total. The number of nitrogens with zero attached hydrogens (tertiary/aromatic N) is 2. The number of rotatable bonds is 2. The predicted molar refractivity (Wildman–Crippen MR) is 176 cm³/mol. The van der Waals surface area contributed by atoms with Crippen LogP contribution in [0.15, 0.2) is 118 Å². The Morgan fingerprint density at radius 3 is 2.36 bits per heavy atom. The molecule has 6 heteroatoms. The minimum Gasteiger partial charge on any atom is -0.500 e. The van der Waals surface area contributed by atoms with Gasteiger partial charge in [0.05, 0.1) is 10.3 Å². The Morgan fingerprint density at radius 1 is 0.727 bits per heavy atom. The summed E-state index contributed by atoms with van der Waals surface area (Å²) in [5, 5.41) is 6.43. The molecule has 0 saturated heterocycles. The Morgan fingerprint density at radius 2 is 1.55 bits per heavy atom. The molecule has 0 aliphatic rings. The van der Waals surface area contributed by atoms with Crippen LogP contribution in [0.5, 0.6) is 0 Å².